The van der Waals surface area contributed by atoms with E-state index in [-0.39, 0.29) is 0 Å². The standard InChI is InChI=1S/C10H16O/c11-10-6-5-9(7-10)8-3-1-2-4-8/h8-9H,1-7H2/t9-/m1/s1. The molecule has 1 heteroatoms. The van der Waals surface area contributed by atoms with E-state index in [2.05, 4.69) is 0 Å². The molecule has 0 unspecified atom stereocenters. The molecule has 0 heterocycles. The van der Waals surface area contributed by atoms with Crippen LogP contribution in [-0.4, -0.2) is 5.78 Å². The Kier molecular flexibility index (Phi) is 1.97. The lowest BCUT2D eigenvalue weighted by Gasteiger charge is -2.15. The predicted molar refractivity (Wildman–Crippen MR) is 44.3 cm³/mol. The van der Waals surface area contributed by atoms with Gasteiger partial charge in [0.25, 0.3) is 0 Å². The van der Waals surface area contributed by atoms with Crippen LogP contribution in [0.2, 0.25) is 0 Å². The minimum absolute atomic E-state index is 0.516. The zero-order valence-corrected chi connectivity index (χ0v) is 7.01. The molecule has 2 fully saturated rings. The SMILES string of the molecule is O=C1CC[C@@H](C2CCCC2)C1. The maximum Gasteiger partial charge on any atom is 0.133 e. The topological polar surface area (TPSA) is 17.1 Å². The van der Waals surface area contributed by atoms with Crippen LogP contribution in [0.15, 0.2) is 0 Å². The van der Waals surface area contributed by atoms with Crippen molar-refractivity contribution in [3.63, 3.8) is 0 Å². The zero-order chi connectivity index (χ0) is 7.68. The van der Waals surface area contributed by atoms with Gasteiger partial charge in [-0.1, -0.05) is 25.7 Å². The first-order valence-electron chi connectivity index (χ1n) is 4.88. The largest absolute Gasteiger partial charge is 0.300 e. The molecule has 0 spiro atoms. The molecule has 2 saturated carbocycles. The minimum atomic E-state index is 0.516. The maximum atomic E-state index is 11.0. The number of carbonyl (C=O) groups excluding carboxylic acids is 1. The summed E-state index contributed by atoms with van der Waals surface area (Å²) in [7, 11) is 0. The van der Waals surface area contributed by atoms with Crippen LogP contribution < -0.4 is 0 Å². The van der Waals surface area contributed by atoms with E-state index >= 15 is 0 Å². The van der Waals surface area contributed by atoms with Gasteiger partial charge in [0.05, 0.1) is 0 Å². The van der Waals surface area contributed by atoms with Crippen LogP contribution >= 0.6 is 0 Å². The van der Waals surface area contributed by atoms with E-state index in [1.807, 2.05) is 0 Å². The Balaban J connectivity index is 1.90. The second kappa shape index (κ2) is 2.96. The van der Waals surface area contributed by atoms with Crippen molar-refractivity contribution in [2.75, 3.05) is 0 Å². The van der Waals surface area contributed by atoms with Gasteiger partial charge in [-0.05, 0) is 18.3 Å². The highest BCUT2D eigenvalue weighted by Crippen LogP contribution is 2.38. The molecule has 0 N–H and O–H groups in total. The summed E-state index contributed by atoms with van der Waals surface area (Å²) in [6.07, 6.45) is 8.61. The summed E-state index contributed by atoms with van der Waals surface area (Å²) in [6.45, 7) is 0. The molecule has 0 aromatic rings. The van der Waals surface area contributed by atoms with E-state index in [9.17, 15) is 4.79 Å². The summed E-state index contributed by atoms with van der Waals surface area (Å²) < 4.78 is 0. The Labute approximate surface area is 68.2 Å². The van der Waals surface area contributed by atoms with Gasteiger partial charge in [0.2, 0.25) is 0 Å². The summed E-state index contributed by atoms with van der Waals surface area (Å²) >= 11 is 0. The summed E-state index contributed by atoms with van der Waals surface area (Å²) in [4.78, 5) is 11.0. The van der Waals surface area contributed by atoms with E-state index < -0.39 is 0 Å². The van der Waals surface area contributed by atoms with E-state index in [4.69, 9.17) is 0 Å². The Bertz CT molecular complexity index is 156. The maximum absolute atomic E-state index is 11.0. The zero-order valence-electron chi connectivity index (χ0n) is 7.01. The van der Waals surface area contributed by atoms with Crippen molar-refractivity contribution in [3.8, 4) is 0 Å². The molecule has 11 heavy (non-hydrogen) atoms. The van der Waals surface area contributed by atoms with Crippen molar-refractivity contribution in [2.45, 2.75) is 44.9 Å². The molecule has 1 atom stereocenters. The number of hydrogen-bond acceptors (Lipinski definition) is 1. The molecule has 0 radical (unpaired) electrons. The highest BCUT2D eigenvalue weighted by molar-refractivity contribution is 5.80. The molecule has 0 bridgehead atoms. The third-order valence-electron chi connectivity index (χ3n) is 3.35. The Hall–Kier alpha value is -0.330. The van der Waals surface area contributed by atoms with Crippen LogP contribution in [0, 0.1) is 11.8 Å². The first-order chi connectivity index (χ1) is 5.36. The molecule has 2 rings (SSSR count). The van der Waals surface area contributed by atoms with Crippen LogP contribution in [0.4, 0.5) is 0 Å². The smallest absolute Gasteiger partial charge is 0.133 e. The van der Waals surface area contributed by atoms with E-state index in [1.54, 1.807) is 0 Å². The quantitative estimate of drug-likeness (QED) is 0.564. The molecule has 2 aliphatic rings. The average Bonchev–Trinajstić information content (AvgIpc) is 2.55. The van der Waals surface area contributed by atoms with Gasteiger partial charge in [0.15, 0.2) is 0 Å². The minimum Gasteiger partial charge on any atom is -0.300 e. The van der Waals surface area contributed by atoms with Gasteiger partial charge in [-0.15, -0.1) is 0 Å². The molecule has 2 aliphatic carbocycles. The fraction of sp³-hybridized carbons (Fsp3) is 0.900. The van der Waals surface area contributed by atoms with Crippen molar-refractivity contribution in [1.82, 2.24) is 0 Å². The third kappa shape index (κ3) is 1.47. The average molecular weight is 152 g/mol. The number of hydrogen-bond donors (Lipinski definition) is 0. The Morgan fingerprint density at radius 3 is 2.27 bits per heavy atom. The van der Waals surface area contributed by atoms with Gasteiger partial charge in [-0.3, -0.25) is 4.79 Å². The van der Waals surface area contributed by atoms with Gasteiger partial charge in [0, 0.05) is 12.8 Å². The van der Waals surface area contributed by atoms with Crippen molar-refractivity contribution >= 4 is 5.78 Å². The number of ketones is 1. The molecule has 62 valence electrons. The fourth-order valence-electron chi connectivity index (χ4n) is 2.67. The molecule has 1 nitrogen and oxygen atoms in total. The first-order valence-corrected chi connectivity index (χ1v) is 4.88. The summed E-state index contributed by atoms with van der Waals surface area (Å²) in [5.74, 6) is 2.22. The highest BCUT2D eigenvalue weighted by atomic mass is 16.1. The van der Waals surface area contributed by atoms with Gasteiger partial charge >= 0.3 is 0 Å². The monoisotopic (exact) mass is 152 g/mol. The molecular weight excluding hydrogens is 136 g/mol. The van der Waals surface area contributed by atoms with Gasteiger partial charge in [-0.2, -0.15) is 0 Å². The second-order valence-corrected chi connectivity index (χ2v) is 4.09. The lowest BCUT2D eigenvalue weighted by atomic mass is 9.90. The van der Waals surface area contributed by atoms with Crippen LogP contribution in [0.25, 0.3) is 0 Å². The summed E-state index contributed by atoms with van der Waals surface area (Å²) in [5, 5.41) is 0. The molecule has 0 saturated heterocycles. The van der Waals surface area contributed by atoms with Gasteiger partial charge < -0.3 is 0 Å². The molecule has 0 amide bonds. The second-order valence-electron chi connectivity index (χ2n) is 4.09. The number of Topliss-reactive ketones (excluding diaryl/α,β-unsaturated/α-hetero) is 1. The van der Waals surface area contributed by atoms with Crippen molar-refractivity contribution in [3.05, 3.63) is 0 Å². The predicted octanol–water partition coefficient (Wildman–Crippen LogP) is 2.55. The van der Waals surface area contributed by atoms with Crippen molar-refractivity contribution in [2.24, 2.45) is 11.8 Å². The van der Waals surface area contributed by atoms with E-state index in [0.717, 1.165) is 24.7 Å². The third-order valence-corrected chi connectivity index (χ3v) is 3.35. The van der Waals surface area contributed by atoms with Crippen LogP contribution in [0.1, 0.15) is 44.9 Å². The van der Waals surface area contributed by atoms with Crippen molar-refractivity contribution in [1.29, 1.82) is 0 Å². The van der Waals surface area contributed by atoms with Crippen LogP contribution in [0.3, 0.4) is 0 Å². The summed E-state index contributed by atoms with van der Waals surface area (Å²) in [5.41, 5.74) is 0. The molecule has 0 aromatic heterocycles. The van der Waals surface area contributed by atoms with Crippen molar-refractivity contribution < 1.29 is 4.79 Å². The Morgan fingerprint density at radius 1 is 1.00 bits per heavy atom. The fourth-order valence-corrected chi connectivity index (χ4v) is 2.67. The lowest BCUT2D eigenvalue weighted by Crippen LogP contribution is -2.07. The molecular formula is C10H16O. The van der Waals surface area contributed by atoms with Crippen LogP contribution in [-0.2, 0) is 4.79 Å². The van der Waals surface area contributed by atoms with E-state index in [0.29, 0.717) is 5.78 Å². The van der Waals surface area contributed by atoms with Gasteiger partial charge in [0.1, 0.15) is 5.78 Å². The number of rotatable bonds is 1. The molecule has 0 aromatic carbocycles. The van der Waals surface area contributed by atoms with E-state index in [1.165, 1.54) is 32.1 Å². The Morgan fingerprint density at radius 2 is 1.73 bits per heavy atom. The molecule has 0 aliphatic heterocycles. The number of carbonyl (C=O) groups is 1. The highest BCUT2D eigenvalue weighted by Gasteiger charge is 2.30. The summed E-state index contributed by atoms with van der Waals surface area (Å²) in [6, 6.07) is 0. The normalized spacial score (nSPS) is 33.5. The van der Waals surface area contributed by atoms with Gasteiger partial charge in [-0.25, -0.2) is 0 Å². The first kappa shape index (κ1) is 7.33. The lowest BCUT2D eigenvalue weighted by molar-refractivity contribution is -0.117. The van der Waals surface area contributed by atoms with Crippen LogP contribution in [0.5, 0.6) is 0 Å².